The third kappa shape index (κ3) is 10.5. The van der Waals surface area contributed by atoms with Gasteiger partial charge in [-0.25, -0.2) is 0 Å². The molecule has 0 radical (unpaired) electrons. The zero-order valence-electron chi connectivity index (χ0n) is 8.35. The monoisotopic (exact) mass is 207 g/mol. The van der Waals surface area contributed by atoms with Gasteiger partial charge in [0.15, 0.2) is 0 Å². The molecule has 0 atom stereocenters. The van der Waals surface area contributed by atoms with E-state index < -0.39 is 18.2 Å². The van der Waals surface area contributed by atoms with Crippen molar-refractivity contribution in [3.8, 4) is 0 Å². The van der Waals surface area contributed by atoms with Gasteiger partial charge in [0.25, 0.3) is 0 Å². The normalized spacial score (nSPS) is 11.7. The number of hydrogen-bond acceptors (Lipinski definition) is 2. The van der Waals surface area contributed by atoms with Crippen LogP contribution in [0.1, 0.15) is 46.5 Å². The van der Waals surface area contributed by atoms with Crippen molar-refractivity contribution in [1.82, 2.24) is 0 Å². The molecule has 0 aliphatic rings. The van der Waals surface area contributed by atoms with E-state index in [-0.39, 0.29) is 0 Å². The molecule has 0 aromatic heterocycles. The van der Waals surface area contributed by atoms with Crippen LogP contribution < -0.4 is 3.69 Å². The fourth-order valence-corrected chi connectivity index (χ4v) is 1.94. The summed E-state index contributed by atoms with van der Waals surface area (Å²) in [5, 5.41) is 0. The average molecular weight is 207 g/mol. The van der Waals surface area contributed by atoms with E-state index in [1.165, 1.54) is 6.42 Å². The van der Waals surface area contributed by atoms with Crippen LogP contribution in [0.25, 0.3) is 0 Å². The van der Waals surface area contributed by atoms with Crippen molar-refractivity contribution in [1.29, 1.82) is 0 Å². The van der Waals surface area contributed by atoms with Gasteiger partial charge in [-0.15, -0.1) is 0 Å². The van der Waals surface area contributed by atoms with Gasteiger partial charge in [-0.2, -0.15) is 0 Å². The average Bonchev–Trinajstić information content (AvgIpc) is 1.83. The second-order valence-corrected chi connectivity index (χ2v) is 6.44. The minimum absolute atomic E-state index is 0.397. The molecule has 0 rings (SSSR count). The summed E-state index contributed by atoms with van der Waals surface area (Å²) in [5.74, 6) is 0. The Hall–Kier alpha value is 0.474. The fraction of sp³-hybridized carbons (Fsp3) is 1.00. The van der Waals surface area contributed by atoms with Gasteiger partial charge in [-0.05, 0) is 0 Å². The molecule has 0 spiro atoms. The summed E-state index contributed by atoms with van der Waals surface area (Å²) in [4.78, 5) is 0. The molecule has 0 unspecified atom stereocenters. The van der Waals surface area contributed by atoms with Crippen LogP contribution in [0, 0.1) is 5.41 Å². The third-order valence-electron chi connectivity index (χ3n) is 1.81. The van der Waals surface area contributed by atoms with Crippen molar-refractivity contribution in [2.75, 3.05) is 0 Å². The molecule has 0 aromatic carbocycles. The predicted molar refractivity (Wildman–Crippen MR) is 43.4 cm³/mol. The molecule has 0 bridgehead atoms. The van der Waals surface area contributed by atoms with Crippen molar-refractivity contribution in [3.05, 3.63) is 0 Å². The molecule has 0 saturated carbocycles. The summed E-state index contributed by atoms with van der Waals surface area (Å²) in [6.07, 6.45) is 4.30. The summed E-state index contributed by atoms with van der Waals surface area (Å²) in [7, 11) is 0. The van der Waals surface area contributed by atoms with Crippen LogP contribution in [0.3, 0.4) is 0 Å². The van der Waals surface area contributed by atoms with E-state index in [9.17, 15) is 7.01 Å². The Kier molecular flexibility index (Phi) is 6.25. The topological polar surface area (TPSA) is 40.1 Å². The van der Waals surface area contributed by atoms with Crippen LogP contribution in [0.5, 0.6) is 0 Å². The third-order valence-corrected chi connectivity index (χ3v) is 3.00. The first-order chi connectivity index (χ1) is 5.42. The molecule has 12 heavy (non-hydrogen) atoms. The fourth-order valence-electron chi connectivity index (χ4n) is 1.10. The summed E-state index contributed by atoms with van der Waals surface area (Å²) >= 11 is -2.98. The SMILES string of the molecule is CC(C)(C)CCCC[CH2][Ti](=[O])[O-]. The van der Waals surface area contributed by atoms with E-state index in [2.05, 4.69) is 20.8 Å². The van der Waals surface area contributed by atoms with Crippen LogP contribution in [0.15, 0.2) is 0 Å². The standard InChI is InChI=1S/C9H19.2O.Ti/c1-5-6-7-8-9(2,3)4;;;/h1,5-8H2,2-4H3;;;/q;;-1;. The van der Waals surface area contributed by atoms with Gasteiger partial charge < -0.3 is 0 Å². The minimum atomic E-state index is -2.98. The molecule has 0 aromatic rings. The maximum atomic E-state index is 10.3. The zero-order chi connectivity index (χ0) is 9.61. The van der Waals surface area contributed by atoms with Crippen LogP contribution in [-0.4, -0.2) is 0 Å². The van der Waals surface area contributed by atoms with Crippen molar-refractivity contribution in [3.63, 3.8) is 0 Å². The van der Waals surface area contributed by atoms with Crippen LogP contribution in [0.2, 0.25) is 4.73 Å². The molecule has 0 heterocycles. The molecule has 0 aliphatic heterocycles. The molecule has 2 nitrogen and oxygen atoms in total. The van der Waals surface area contributed by atoms with Gasteiger partial charge >= 0.3 is 81.8 Å². The Labute approximate surface area is 82.0 Å². The Bertz CT molecular complexity index is 138. The molecule has 72 valence electrons. The molecule has 3 heteroatoms. The van der Waals surface area contributed by atoms with E-state index in [1.807, 2.05) is 0 Å². The number of hydrogen-bond donors (Lipinski definition) is 0. The van der Waals surface area contributed by atoms with Crippen LogP contribution in [-0.2, 0) is 21.6 Å². The summed E-state index contributed by atoms with van der Waals surface area (Å²) < 4.78 is 21.1. The van der Waals surface area contributed by atoms with E-state index in [0.717, 1.165) is 19.3 Å². The molecular weight excluding hydrogens is 188 g/mol. The molecular formula is C9H19O2Ti-. The van der Waals surface area contributed by atoms with Crippen LogP contribution in [0.4, 0.5) is 0 Å². The van der Waals surface area contributed by atoms with Crippen LogP contribution >= 0.6 is 0 Å². The summed E-state index contributed by atoms with van der Waals surface area (Å²) in [5.41, 5.74) is 0.397. The second kappa shape index (κ2) is 6.01. The molecule has 0 fully saturated rings. The number of unbranched alkanes of at least 4 members (excludes halogenated alkanes) is 2. The first-order valence-corrected chi connectivity index (χ1v) is 6.99. The van der Waals surface area contributed by atoms with Gasteiger partial charge in [0.05, 0.1) is 0 Å². The Morgan fingerprint density at radius 3 is 2.17 bits per heavy atom. The van der Waals surface area contributed by atoms with E-state index >= 15 is 0 Å². The van der Waals surface area contributed by atoms with E-state index in [0.29, 0.717) is 10.1 Å². The van der Waals surface area contributed by atoms with Crippen molar-refractivity contribution >= 4 is 0 Å². The van der Waals surface area contributed by atoms with Gasteiger partial charge in [-0.3, -0.25) is 0 Å². The zero-order valence-corrected chi connectivity index (χ0v) is 9.91. The van der Waals surface area contributed by atoms with Crippen molar-refractivity contribution < 1.29 is 25.2 Å². The molecule has 0 amide bonds. The summed E-state index contributed by atoms with van der Waals surface area (Å²) in [6, 6.07) is 0. The molecule has 0 N–H and O–H groups in total. The van der Waals surface area contributed by atoms with Gasteiger partial charge in [0, 0.05) is 0 Å². The van der Waals surface area contributed by atoms with Gasteiger partial charge in [0.2, 0.25) is 0 Å². The number of rotatable bonds is 5. The molecule has 0 saturated heterocycles. The quantitative estimate of drug-likeness (QED) is 0.512. The van der Waals surface area contributed by atoms with Gasteiger partial charge in [-0.1, -0.05) is 0 Å². The Morgan fingerprint density at radius 2 is 1.75 bits per heavy atom. The van der Waals surface area contributed by atoms with Crippen molar-refractivity contribution in [2.24, 2.45) is 5.41 Å². The molecule has 0 aliphatic carbocycles. The predicted octanol–water partition coefficient (Wildman–Crippen LogP) is 2.25. The van der Waals surface area contributed by atoms with E-state index in [4.69, 9.17) is 0 Å². The van der Waals surface area contributed by atoms with E-state index in [1.54, 1.807) is 0 Å². The van der Waals surface area contributed by atoms with Crippen molar-refractivity contribution in [2.45, 2.75) is 51.2 Å². The second-order valence-electron chi connectivity index (χ2n) is 4.49. The van der Waals surface area contributed by atoms with Gasteiger partial charge in [0.1, 0.15) is 0 Å². The first kappa shape index (κ1) is 12.5. The maximum absolute atomic E-state index is 10.3. The Morgan fingerprint density at radius 1 is 1.17 bits per heavy atom. The summed E-state index contributed by atoms with van der Waals surface area (Å²) in [6.45, 7) is 6.65. The first-order valence-electron chi connectivity index (χ1n) is 4.62. The Balaban J connectivity index is 3.17.